The van der Waals surface area contributed by atoms with Crippen LogP contribution in [0.5, 0.6) is 5.75 Å². The summed E-state index contributed by atoms with van der Waals surface area (Å²) in [7, 11) is -15.4. The average molecular weight is 702 g/mol. The van der Waals surface area contributed by atoms with Crippen LogP contribution in [0.4, 0.5) is 17.1 Å². The molecule has 0 atom stereocenters. The van der Waals surface area contributed by atoms with Crippen molar-refractivity contribution in [3.8, 4) is 17.1 Å². The van der Waals surface area contributed by atoms with Crippen molar-refractivity contribution in [2.45, 2.75) is 14.7 Å². The highest BCUT2D eigenvalue weighted by atomic mass is 35.5. The molecule has 0 amide bonds. The summed E-state index contributed by atoms with van der Waals surface area (Å²) in [5.41, 5.74) is 3.19. The number of hydrogen-bond acceptors (Lipinski definition) is 13. The molecule has 0 radical (unpaired) electrons. The molecule has 0 aliphatic rings. The molecule has 1 aromatic heterocycles. The molecule has 0 saturated carbocycles. The molecule has 0 spiro atoms. The van der Waals surface area contributed by atoms with E-state index in [4.69, 9.17) is 28.9 Å². The number of nitrogens with two attached hydrogens (primary N) is 1. The lowest BCUT2D eigenvalue weighted by Gasteiger charge is -2.16. The quantitative estimate of drug-likeness (QED) is 0.0701. The van der Waals surface area contributed by atoms with E-state index in [1.807, 2.05) is 0 Å². The molecule has 0 bridgehead atoms. The Balaban J connectivity index is 1.93. The van der Waals surface area contributed by atoms with E-state index in [1.165, 1.54) is 18.2 Å². The molecule has 21 heteroatoms. The maximum Gasteiger partial charge on any atom is 0.298 e. The Hall–Kier alpha value is -4.08. The minimum Gasteiger partial charge on any atom is -0.505 e. The summed E-state index contributed by atoms with van der Waals surface area (Å²) in [6, 6.07) is 9.98. The zero-order valence-corrected chi connectivity index (χ0v) is 25.1. The number of nitrogen functional groups attached to an aromatic ring is 1. The standard InChI is InChI=1S/C23H14Cl2N6O10S3/c24-22-27-21(28-23(25)29-22)13-8-10(42(33,34)35)7-12-15(13)18(32)17(20(16(12)26)44(39,40)41)31-30-14-6-5-9-3-1-2-4-11(9)19(14)43(36,37)38/h1-8,32H,26H2,(H,33,34,35)(H,36,37,38)(H,39,40,41). The third-order valence-corrected chi connectivity index (χ3v) is 9.12. The number of hydrogen-bond donors (Lipinski definition) is 5. The number of benzene rings is 4. The van der Waals surface area contributed by atoms with Crippen molar-refractivity contribution in [3.05, 3.63) is 59.1 Å². The highest BCUT2D eigenvalue weighted by Crippen LogP contribution is 2.49. The van der Waals surface area contributed by atoms with Gasteiger partial charge in [0.05, 0.1) is 10.6 Å². The minimum atomic E-state index is -5.40. The van der Waals surface area contributed by atoms with Gasteiger partial charge in [-0.25, -0.2) is 0 Å². The molecule has 0 unspecified atom stereocenters. The fourth-order valence-corrected chi connectivity index (χ4v) is 6.87. The van der Waals surface area contributed by atoms with Gasteiger partial charge in [-0.05, 0) is 46.8 Å². The summed E-state index contributed by atoms with van der Waals surface area (Å²) in [5, 5.41) is 17.2. The number of phenols is 1. The van der Waals surface area contributed by atoms with Crippen molar-refractivity contribution in [2.75, 3.05) is 5.73 Å². The monoisotopic (exact) mass is 700 g/mol. The molecule has 5 aromatic rings. The normalized spacial score (nSPS) is 12.8. The van der Waals surface area contributed by atoms with Gasteiger partial charge in [-0.15, -0.1) is 10.2 Å². The number of rotatable bonds is 6. The molecule has 1 heterocycles. The van der Waals surface area contributed by atoms with Crippen molar-refractivity contribution >= 4 is 92.2 Å². The second kappa shape index (κ2) is 10.8. The summed E-state index contributed by atoms with van der Waals surface area (Å²) in [5.74, 6) is -1.59. The predicted octanol–water partition coefficient (Wildman–Crippen LogP) is 4.60. The maximum absolute atomic E-state index is 12.5. The smallest absolute Gasteiger partial charge is 0.298 e. The number of phenolic OH excluding ortho intramolecular Hbond substituents is 1. The molecule has 0 saturated heterocycles. The number of aromatic nitrogens is 3. The number of nitrogens with zero attached hydrogens (tertiary/aromatic N) is 5. The van der Waals surface area contributed by atoms with Crippen LogP contribution < -0.4 is 5.73 Å². The number of fused-ring (bicyclic) bond motifs is 2. The van der Waals surface area contributed by atoms with Gasteiger partial charge >= 0.3 is 0 Å². The Labute approximate surface area is 257 Å². The first-order valence-electron chi connectivity index (χ1n) is 11.4. The fourth-order valence-electron chi connectivity index (χ4n) is 4.37. The first kappa shape index (κ1) is 31.3. The van der Waals surface area contributed by atoms with Gasteiger partial charge in [0.1, 0.15) is 15.5 Å². The zero-order chi connectivity index (χ0) is 32.4. The van der Waals surface area contributed by atoms with Crippen LogP contribution in [0.3, 0.4) is 0 Å². The molecule has 0 aliphatic heterocycles. The molecule has 44 heavy (non-hydrogen) atoms. The Morgan fingerprint density at radius 1 is 0.727 bits per heavy atom. The Bertz CT molecular complexity index is 2400. The molecule has 0 fully saturated rings. The molecule has 228 valence electrons. The van der Waals surface area contributed by atoms with Crippen molar-refractivity contribution in [1.29, 1.82) is 0 Å². The predicted molar refractivity (Wildman–Crippen MR) is 156 cm³/mol. The van der Waals surface area contributed by atoms with E-state index in [0.29, 0.717) is 11.5 Å². The van der Waals surface area contributed by atoms with E-state index < -0.39 is 101 Å². The van der Waals surface area contributed by atoms with E-state index >= 15 is 0 Å². The third-order valence-electron chi connectivity index (χ3n) is 6.07. The lowest BCUT2D eigenvalue weighted by atomic mass is 10.00. The fraction of sp³-hybridized carbons (Fsp3) is 0. The number of azo groups is 1. The Morgan fingerprint density at radius 3 is 1.93 bits per heavy atom. The van der Waals surface area contributed by atoms with Gasteiger partial charge < -0.3 is 10.8 Å². The summed E-state index contributed by atoms with van der Waals surface area (Å²) in [6.45, 7) is 0. The maximum atomic E-state index is 12.5. The van der Waals surface area contributed by atoms with Crippen LogP contribution in [0.25, 0.3) is 32.9 Å². The van der Waals surface area contributed by atoms with Gasteiger partial charge in [-0.3, -0.25) is 13.7 Å². The van der Waals surface area contributed by atoms with Crippen LogP contribution in [0, 0.1) is 0 Å². The highest BCUT2D eigenvalue weighted by molar-refractivity contribution is 7.86. The SMILES string of the molecule is Nc1c(S(=O)(=O)O)c(N=Nc2ccc3ccccc3c2S(=O)(=O)O)c(O)c2c(-c3nc(Cl)nc(Cl)n3)cc(S(=O)(=O)O)cc12. The molecular formula is C23H14Cl2N6O10S3. The number of aromatic hydroxyl groups is 1. The van der Waals surface area contributed by atoms with Gasteiger partial charge in [0.2, 0.25) is 10.6 Å². The van der Waals surface area contributed by atoms with Gasteiger partial charge in [0.25, 0.3) is 30.4 Å². The van der Waals surface area contributed by atoms with E-state index in [1.54, 1.807) is 12.1 Å². The first-order valence-corrected chi connectivity index (χ1v) is 16.5. The molecule has 4 aromatic carbocycles. The van der Waals surface area contributed by atoms with Gasteiger partial charge in [-0.2, -0.15) is 40.2 Å². The van der Waals surface area contributed by atoms with Crippen LogP contribution in [-0.4, -0.2) is 59.0 Å². The minimum absolute atomic E-state index is 0.0207. The topological polar surface area (TPSA) is 273 Å². The average Bonchev–Trinajstić information content (AvgIpc) is 2.90. The second-order valence-electron chi connectivity index (χ2n) is 8.79. The first-order chi connectivity index (χ1) is 20.4. The molecule has 0 aliphatic carbocycles. The van der Waals surface area contributed by atoms with Crippen LogP contribution in [-0.2, 0) is 30.4 Å². The summed E-state index contributed by atoms with van der Waals surface area (Å²) < 4.78 is 104. The summed E-state index contributed by atoms with van der Waals surface area (Å²) in [6.07, 6.45) is 0. The van der Waals surface area contributed by atoms with Crippen LogP contribution in [0.2, 0.25) is 10.6 Å². The van der Waals surface area contributed by atoms with E-state index in [2.05, 4.69) is 25.2 Å². The third kappa shape index (κ3) is 5.74. The van der Waals surface area contributed by atoms with Gasteiger partial charge in [0.15, 0.2) is 17.3 Å². The van der Waals surface area contributed by atoms with Gasteiger partial charge in [0, 0.05) is 21.7 Å². The van der Waals surface area contributed by atoms with Crippen molar-refractivity contribution in [1.82, 2.24) is 15.0 Å². The largest absolute Gasteiger partial charge is 0.505 e. The van der Waals surface area contributed by atoms with E-state index in [0.717, 1.165) is 12.1 Å². The molecule has 16 nitrogen and oxygen atoms in total. The molecule has 5 rings (SSSR count). The summed E-state index contributed by atoms with van der Waals surface area (Å²) in [4.78, 5) is 8.36. The second-order valence-corrected chi connectivity index (χ2v) is 13.6. The van der Waals surface area contributed by atoms with E-state index in [9.17, 15) is 44.0 Å². The van der Waals surface area contributed by atoms with Crippen LogP contribution in [0.15, 0.2) is 73.4 Å². The van der Waals surface area contributed by atoms with Crippen LogP contribution >= 0.6 is 23.2 Å². The number of halogens is 2. The lowest BCUT2D eigenvalue weighted by Crippen LogP contribution is -2.07. The Morgan fingerprint density at radius 2 is 1.34 bits per heavy atom. The van der Waals surface area contributed by atoms with E-state index in [-0.39, 0.29) is 5.39 Å². The zero-order valence-electron chi connectivity index (χ0n) is 21.2. The van der Waals surface area contributed by atoms with Crippen molar-refractivity contribution in [3.63, 3.8) is 0 Å². The van der Waals surface area contributed by atoms with Crippen molar-refractivity contribution in [2.24, 2.45) is 10.2 Å². The molecule has 6 N–H and O–H groups in total. The molecular weight excluding hydrogens is 687 g/mol. The number of anilines is 1. The van der Waals surface area contributed by atoms with Crippen molar-refractivity contribution < 1.29 is 44.0 Å². The van der Waals surface area contributed by atoms with Gasteiger partial charge in [-0.1, -0.05) is 30.3 Å². The Kier molecular flexibility index (Phi) is 7.71. The van der Waals surface area contributed by atoms with Crippen LogP contribution in [0.1, 0.15) is 0 Å². The summed E-state index contributed by atoms with van der Waals surface area (Å²) >= 11 is 11.7. The lowest BCUT2D eigenvalue weighted by molar-refractivity contribution is 0.472. The highest BCUT2D eigenvalue weighted by Gasteiger charge is 2.30.